The van der Waals surface area contributed by atoms with Crippen molar-refractivity contribution in [1.82, 2.24) is 5.32 Å². The summed E-state index contributed by atoms with van der Waals surface area (Å²) in [4.78, 5) is 21.5. The molecular formula is C12H20N2O3. The number of nitrogens with two attached hydrogens (primary N) is 1. The van der Waals surface area contributed by atoms with Gasteiger partial charge in [-0.05, 0) is 19.8 Å². The maximum Gasteiger partial charge on any atom is 0.326 e. The second kappa shape index (κ2) is 8.52. The summed E-state index contributed by atoms with van der Waals surface area (Å²) in [6, 6.07) is -0.822. The van der Waals surface area contributed by atoms with Gasteiger partial charge in [0.15, 0.2) is 0 Å². The molecule has 4 N–H and O–H groups in total. The third-order valence-corrected chi connectivity index (χ3v) is 2.14. The van der Waals surface area contributed by atoms with Crippen LogP contribution in [-0.4, -0.2) is 29.6 Å². The molecule has 0 aliphatic carbocycles. The molecule has 0 bridgehead atoms. The molecule has 1 amide bonds. The highest BCUT2D eigenvalue weighted by molar-refractivity contribution is 5.81. The molecule has 0 aromatic rings. The second-order valence-corrected chi connectivity index (χ2v) is 3.81. The summed E-state index contributed by atoms with van der Waals surface area (Å²) in [5.41, 5.74) is 6.46. The van der Waals surface area contributed by atoms with Crippen molar-refractivity contribution < 1.29 is 14.7 Å². The van der Waals surface area contributed by atoms with Crippen LogP contribution in [0.5, 0.6) is 0 Å². The number of carbonyl (C=O) groups excluding carboxylic acids is 1. The smallest absolute Gasteiger partial charge is 0.326 e. The van der Waals surface area contributed by atoms with E-state index in [0.717, 1.165) is 5.57 Å². The van der Waals surface area contributed by atoms with Crippen LogP contribution in [0.2, 0.25) is 0 Å². The van der Waals surface area contributed by atoms with Gasteiger partial charge in [-0.25, -0.2) is 4.79 Å². The SMILES string of the molecule is CC(=O)NC(CC/C=C\C=C(/C)CN)C(=O)O. The van der Waals surface area contributed by atoms with Gasteiger partial charge in [-0.1, -0.05) is 23.8 Å². The van der Waals surface area contributed by atoms with E-state index in [1.165, 1.54) is 6.92 Å². The van der Waals surface area contributed by atoms with E-state index < -0.39 is 12.0 Å². The quantitative estimate of drug-likeness (QED) is 0.574. The van der Waals surface area contributed by atoms with Crippen LogP contribution in [0.1, 0.15) is 26.7 Å². The van der Waals surface area contributed by atoms with E-state index in [-0.39, 0.29) is 5.91 Å². The van der Waals surface area contributed by atoms with Crippen molar-refractivity contribution in [1.29, 1.82) is 0 Å². The molecule has 0 spiro atoms. The van der Waals surface area contributed by atoms with E-state index in [0.29, 0.717) is 19.4 Å². The number of nitrogens with one attached hydrogen (secondary N) is 1. The molecular weight excluding hydrogens is 220 g/mol. The van der Waals surface area contributed by atoms with E-state index in [2.05, 4.69) is 5.32 Å². The van der Waals surface area contributed by atoms with Crippen LogP contribution < -0.4 is 11.1 Å². The van der Waals surface area contributed by atoms with Crippen LogP contribution in [-0.2, 0) is 9.59 Å². The molecule has 1 atom stereocenters. The minimum atomic E-state index is -1.01. The van der Waals surface area contributed by atoms with Crippen LogP contribution in [0.3, 0.4) is 0 Å². The lowest BCUT2D eigenvalue weighted by molar-refractivity contribution is -0.141. The van der Waals surface area contributed by atoms with Crippen LogP contribution in [0.15, 0.2) is 23.8 Å². The van der Waals surface area contributed by atoms with Gasteiger partial charge >= 0.3 is 5.97 Å². The zero-order valence-corrected chi connectivity index (χ0v) is 10.3. The minimum Gasteiger partial charge on any atom is -0.480 e. The highest BCUT2D eigenvalue weighted by atomic mass is 16.4. The summed E-state index contributed by atoms with van der Waals surface area (Å²) >= 11 is 0. The fourth-order valence-corrected chi connectivity index (χ4v) is 1.16. The first-order chi connectivity index (χ1) is 7.97. The summed E-state index contributed by atoms with van der Waals surface area (Å²) in [6.07, 6.45) is 6.55. The van der Waals surface area contributed by atoms with Gasteiger partial charge in [0.2, 0.25) is 5.91 Å². The van der Waals surface area contributed by atoms with Crippen molar-refractivity contribution in [2.75, 3.05) is 6.54 Å². The van der Waals surface area contributed by atoms with Gasteiger partial charge in [0, 0.05) is 13.5 Å². The van der Waals surface area contributed by atoms with Crippen LogP contribution in [0, 0.1) is 0 Å². The molecule has 0 aromatic carbocycles. The predicted octanol–water partition coefficient (Wildman–Crippen LogP) is 0.817. The molecule has 0 rings (SSSR count). The van der Waals surface area contributed by atoms with E-state index >= 15 is 0 Å². The molecule has 0 fully saturated rings. The van der Waals surface area contributed by atoms with E-state index in [1.54, 1.807) is 0 Å². The van der Waals surface area contributed by atoms with Gasteiger partial charge in [0.05, 0.1) is 0 Å². The topological polar surface area (TPSA) is 92.4 Å². The van der Waals surface area contributed by atoms with Crippen LogP contribution in [0.25, 0.3) is 0 Å². The summed E-state index contributed by atoms with van der Waals surface area (Å²) < 4.78 is 0. The summed E-state index contributed by atoms with van der Waals surface area (Å²) in [7, 11) is 0. The third-order valence-electron chi connectivity index (χ3n) is 2.14. The fourth-order valence-electron chi connectivity index (χ4n) is 1.16. The van der Waals surface area contributed by atoms with Gasteiger partial charge in [0.1, 0.15) is 6.04 Å². The molecule has 0 saturated carbocycles. The van der Waals surface area contributed by atoms with E-state index in [9.17, 15) is 9.59 Å². The Balaban J connectivity index is 4.06. The Labute approximate surface area is 101 Å². The van der Waals surface area contributed by atoms with Crippen molar-refractivity contribution in [3.05, 3.63) is 23.8 Å². The zero-order chi connectivity index (χ0) is 13.3. The van der Waals surface area contributed by atoms with Gasteiger partial charge < -0.3 is 16.2 Å². The Morgan fingerprint density at radius 2 is 2.06 bits per heavy atom. The first-order valence-electron chi connectivity index (χ1n) is 5.49. The van der Waals surface area contributed by atoms with Crippen molar-refractivity contribution >= 4 is 11.9 Å². The Bertz CT molecular complexity index is 322. The number of amides is 1. The lowest BCUT2D eigenvalue weighted by Crippen LogP contribution is -2.39. The Kier molecular flexibility index (Phi) is 7.71. The first-order valence-corrected chi connectivity index (χ1v) is 5.49. The normalized spacial score (nSPS) is 13.7. The number of allylic oxidation sites excluding steroid dienone is 3. The zero-order valence-electron chi connectivity index (χ0n) is 10.3. The first kappa shape index (κ1) is 15.4. The van der Waals surface area contributed by atoms with E-state index in [4.69, 9.17) is 10.8 Å². The van der Waals surface area contributed by atoms with Crippen molar-refractivity contribution in [3.8, 4) is 0 Å². The number of aliphatic carboxylic acids is 1. The Hall–Kier alpha value is -1.62. The monoisotopic (exact) mass is 240 g/mol. The van der Waals surface area contributed by atoms with Crippen molar-refractivity contribution in [3.63, 3.8) is 0 Å². The van der Waals surface area contributed by atoms with Crippen molar-refractivity contribution in [2.45, 2.75) is 32.7 Å². The lowest BCUT2D eigenvalue weighted by Gasteiger charge is -2.11. The summed E-state index contributed by atoms with van der Waals surface area (Å²) in [6.45, 7) is 3.73. The second-order valence-electron chi connectivity index (χ2n) is 3.81. The molecule has 1 unspecified atom stereocenters. The van der Waals surface area contributed by atoms with Crippen molar-refractivity contribution in [2.24, 2.45) is 5.73 Å². The molecule has 5 nitrogen and oxygen atoms in total. The Morgan fingerprint density at radius 1 is 1.41 bits per heavy atom. The molecule has 0 aliphatic rings. The minimum absolute atomic E-state index is 0.333. The molecule has 17 heavy (non-hydrogen) atoms. The average Bonchev–Trinajstić information content (AvgIpc) is 2.25. The third kappa shape index (κ3) is 8.21. The maximum absolute atomic E-state index is 10.8. The van der Waals surface area contributed by atoms with Gasteiger partial charge in [0.25, 0.3) is 0 Å². The van der Waals surface area contributed by atoms with E-state index in [1.807, 2.05) is 25.2 Å². The molecule has 5 heteroatoms. The fraction of sp³-hybridized carbons (Fsp3) is 0.500. The van der Waals surface area contributed by atoms with Gasteiger partial charge in [-0.15, -0.1) is 0 Å². The largest absolute Gasteiger partial charge is 0.480 e. The molecule has 0 heterocycles. The number of carbonyl (C=O) groups is 2. The highest BCUT2D eigenvalue weighted by Crippen LogP contribution is 2.00. The number of hydrogen-bond acceptors (Lipinski definition) is 3. The lowest BCUT2D eigenvalue weighted by atomic mass is 10.1. The molecule has 0 aromatic heterocycles. The van der Waals surface area contributed by atoms with Gasteiger partial charge in [-0.2, -0.15) is 0 Å². The Morgan fingerprint density at radius 3 is 2.53 bits per heavy atom. The molecule has 0 saturated heterocycles. The summed E-state index contributed by atoms with van der Waals surface area (Å²) in [5.74, 6) is -1.34. The van der Waals surface area contributed by atoms with Crippen LogP contribution in [0.4, 0.5) is 0 Å². The number of hydrogen-bond donors (Lipinski definition) is 3. The predicted molar refractivity (Wildman–Crippen MR) is 66.4 cm³/mol. The molecule has 0 radical (unpaired) electrons. The standard InChI is InChI=1S/C12H20N2O3/c1-9(8-13)6-4-3-5-7-11(12(16)17)14-10(2)15/h3-4,6,11H,5,7-8,13H2,1-2H3,(H,14,15)(H,16,17)/b4-3-,9-6+. The number of carboxylic acid groups (broad SMARTS) is 1. The number of carboxylic acids is 1. The number of rotatable bonds is 7. The van der Waals surface area contributed by atoms with Crippen LogP contribution >= 0.6 is 0 Å². The van der Waals surface area contributed by atoms with Gasteiger partial charge in [-0.3, -0.25) is 4.79 Å². The molecule has 0 aliphatic heterocycles. The highest BCUT2D eigenvalue weighted by Gasteiger charge is 2.16. The maximum atomic E-state index is 10.8. The molecule has 96 valence electrons. The average molecular weight is 240 g/mol. The summed E-state index contributed by atoms with van der Waals surface area (Å²) in [5, 5.41) is 11.2.